The van der Waals surface area contributed by atoms with E-state index in [1.54, 1.807) is 12.1 Å². The first-order chi connectivity index (χ1) is 9.95. The topological polar surface area (TPSA) is 21.3 Å². The molecule has 0 saturated heterocycles. The zero-order valence-electron chi connectivity index (χ0n) is 12.4. The largest absolute Gasteiger partial charge is 0.454 e. The number of hydrogen-bond acceptors (Lipinski definition) is 2. The van der Waals surface area contributed by atoms with Crippen molar-refractivity contribution in [2.45, 2.75) is 33.4 Å². The van der Waals surface area contributed by atoms with Crippen LogP contribution >= 0.6 is 15.9 Å². The fourth-order valence-electron chi connectivity index (χ4n) is 1.93. The molecule has 0 saturated carbocycles. The Hall–Kier alpha value is -1.39. The van der Waals surface area contributed by atoms with Crippen molar-refractivity contribution in [2.75, 3.05) is 0 Å². The van der Waals surface area contributed by atoms with Crippen molar-refractivity contribution in [3.63, 3.8) is 0 Å². The van der Waals surface area contributed by atoms with Crippen LogP contribution < -0.4 is 10.1 Å². The molecule has 0 amide bonds. The van der Waals surface area contributed by atoms with E-state index in [1.807, 2.05) is 19.1 Å². The molecule has 112 valence electrons. The lowest BCUT2D eigenvalue weighted by molar-refractivity contribution is 0.439. The van der Waals surface area contributed by atoms with Gasteiger partial charge in [-0.1, -0.05) is 41.9 Å². The van der Waals surface area contributed by atoms with E-state index in [0.717, 1.165) is 16.6 Å². The van der Waals surface area contributed by atoms with Crippen molar-refractivity contribution in [1.82, 2.24) is 5.32 Å². The molecule has 1 N–H and O–H groups in total. The number of hydrogen-bond donors (Lipinski definition) is 1. The van der Waals surface area contributed by atoms with E-state index in [1.165, 1.54) is 11.6 Å². The molecule has 4 heteroatoms. The molecule has 2 aromatic rings. The third kappa shape index (κ3) is 4.55. The Labute approximate surface area is 133 Å². The molecule has 21 heavy (non-hydrogen) atoms. The molecular weight excluding hydrogens is 333 g/mol. The first-order valence-corrected chi connectivity index (χ1v) is 7.71. The van der Waals surface area contributed by atoms with E-state index in [-0.39, 0.29) is 11.6 Å². The Morgan fingerprint density at radius 3 is 2.57 bits per heavy atom. The lowest BCUT2D eigenvalue weighted by atomic mass is 10.1. The molecule has 0 aliphatic rings. The fourth-order valence-corrected chi connectivity index (χ4v) is 2.27. The summed E-state index contributed by atoms with van der Waals surface area (Å²) in [6, 6.07) is 11.0. The van der Waals surface area contributed by atoms with Crippen molar-refractivity contribution in [2.24, 2.45) is 0 Å². The Morgan fingerprint density at radius 2 is 1.90 bits per heavy atom. The fraction of sp³-hybridized carbons (Fsp3) is 0.294. The van der Waals surface area contributed by atoms with Gasteiger partial charge in [0.2, 0.25) is 0 Å². The van der Waals surface area contributed by atoms with E-state index < -0.39 is 0 Å². The van der Waals surface area contributed by atoms with E-state index in [0.29, 0.717) is 11.8 Å². The Morgan fingerprint density at radius 1 is 1.14 bits per heavy atom. The van der Waals surface area contributed by atoms with Crippen LogP contribution in [0.25, 0.3) is 0 Å². The van der Waals surface area contributed by atoms with Crippen LogP contribution in [-0.2, 0) is 6.54 Å². The SMILES string of the molecule is Cc1cc(CNC(C)C)ccc1Oc1cc(Br)ccc1F. The van der Waals surface area contributed by atoms with E-state index in [2.05, 4.69) is 41.2 Å². The van der Waals surface area contributed by atoms with Crippen LogP contribution in [-0.4, -0.2) is 6.04 Å². The molecule has 0 bridgehead atoms. The van der Waals surface area contributed by atoms with Gasteiger partial charge in [-0.05, 0) is 42.3 Å². The predicted octanol–water partition coefficient (Wildman–Crippen LogP) is 5.19. The van der Waals surface area contributed by atoms with Crippen LogP contribution in [0.5, 0.6) is 11.5 Å². The maximum atomic E-state index is 13.7. The summed E-state index contributed by atoms with van der Waals surface area (Å²) in [5.41, 5.74) is 2.17. The summed E-state index contributed by atoms with van der Waals surface area (Å²) >= 11 is 3.32. The third-order valence-electron chi connectivity index (χ3n) is 3.07. The van der Waals surface area contributed by atoms with Crippen molar-refractivity contribution >= 4 is 15.9 Å². The highest BCUT2D eigenvalue weighted by atomic mass is 79.9. The molecule has 2 aromatic carbocycles. The second kappa shape index (κ2) is 7.05. The monoisotopic (exact) mass is 351 g/mol. The molecule has 0 heterocycles. The zero-order chi connectivity index (χ0) is 15.4. The van der Waals surface area contributed by atoms with Gasteiger partial charge in [-0.3, -0.25) is 0 Å². The summed E-state index contributed by atoms with van der Waals surface area (Å²) < 4.78 is 20.2. The van der Waals surface area contributed by atoms with Crippen molar-refractivity contribution in [3.05, 3.63) is 57.8 Å². The molecule has 0 spiro atoms. The first kappa shape index (κ1) is 16.0. The van der Waals surface area contributed by atoms with Gasteiger partial charge in [0.25, 0.3) is 0 Å². The number of aryl methyl sites for hydroxylation is 1. The molecule has 0 fully saturated rings. The van der Waals surface area contributed by atoms with Crippen molar-refractivity contribution < 1.29 is 9.13 Å². The van der Waals surface area contributed by atoms with Gasteiger partial charge in [-0.25, -0.2) is 4.39 Å². The summed E-state index contributed by atoms with van der Waals surface area (Å²) in [7, 11) is 0. The van der Waals surface area contributed by atoms with Gasteiger partial charge in [-0.15, -0.1) is 0 Å². The quantitative estimate of drug-likeness (QED) is 0.800. The maximum absolute atomic E-state index is 13.7. The van der Waals surface area contributed by atoms with Gasteiger partial charge >= 0.3 is 0 Å². The molecule has 0 aliphatic heterocycles. The summed E-state index contributed by atoms with van der Waals surface area (Å²) in [5, 5.41) is 3.37. The minimum absolute atomic E-state index is 0.223. The minimum atomic E-state index is -0.372. The molecule has 2 rings (SSSR count). The van der Waals surface area contributed by atoms with Crippen molar-refractivity contribution in [3.8, 4) is 11.5 Å². The van der Waals surface area contributed by atoms with Gasteiger partial charge in [0.1, 0.15) is 5.75 Å². The second-order valence-corrected chi connectivity index (χ2v) is 6.23. The maximum Gasteiger partial charge on any atom is 0.165 e. The van der Waals surface area contributed by atoms with Gasteiger partial charge in [0.05, 0.1) is 0 Å². The zero-order valence-corrected chi connectivity index (χ0v) is 14.0. The van der Waals surface area contributed by atoms with E-state index in [9.17, 15) is 4.39 Å². The summed E-state index contributed by atoms with van der Waals surface area (Å²) in [5.74, 6) is 0.518. The van der Waals surface area contributed by atoms with Crippen LogP contribution in [0.3, 0.4) is 0 Å². The number of nitrogens with one attached hydrogen (secondary N) is 1. The summed E-state index contributed by atoms with van der Waals surface area (Å²) in [6.07, 6.45) is 0. The third-order valence-corrected chi connectivity index (χ3v) is 3.56. The summed E-state index contributed by atoms with van der Waals surface area (Å²) in [6.45, 7) is 6.99. The van der Waals surface area contributed by atoms with Gasteiger partial charge in [0.15, 0.2) is 11.6 Å². The Balaban J connectivity index is 2.15. The predicted molar refractivity (Wildman–Crippen MR) is 87.3 cm³/mol. The minimum Gasteiger partial charge on any atom is -0.454 e. The average Bonchev–Trinajstić information content (AvgIpc) is 2.43. The summed E-state index contributed by atoms with van der Waals surface area (Å²) in [4.78, 5) is 0. The number of ether oxygens (including phenoxy) is 1. The molecule has 0 radical (unpaired) electrons. The average molecular weight is 352 g/mol. The van der Waals surface area contributed by atoms with Crippen LogP contribution in [0, 0.1) is 12.7 Å². The van der Waals surface area contributed by atoms with E-state index in [4.69, 9.17) is 4.74 Å². The lowest BCUT2D eigenvalue weighted by Gasteiger charge is -2.13. The van der Waals surface area contributed by atoms with Gasteiger partial charge in [-0.2, -0.15) is 0 Å². The van der Waals surface area contributed by atoms with Crippen LogP contribution in [0.2, 0.25) is 0 Å². The van der Waals surface area contributed by atoms with E-state index >= 15 is 0 Å². The highest BCUT2D eigenvalue weighted by Gasteiger charge is 2.08. The lowest BCUT2D eigenvalue weighted by Crippen LogP contribution is -2.21. The Bertz CT molecular complexity index is 628. The number of rotatable bonds is 5. The number of benzene rings is 2. The molecule has 2 nitrogen and oxygen atoms in total. The van der Waals surface area contributed by atoms with Crippen LogP contribution in [0.4, 0.5) is 4.39 Å². The second-order valence-electron chi connectivity index (χ2n) is 5.31. The molecule has 0 aromatic heterocycles. The number of halogens is 2. The molecule has 0 atom stereocenters. The Kier molecular flexibility index (Phi) is 5.37. The first-order valence-electron chi connectivity index (χ1n) is 6.91. The van der Waals surface area contributed by atoms with Gasteiger partial charge < -0.3 is 10.1 Å². The van der Waals surface area contributed by atoms with Crippen LogP contribution in [0.15, 0.2) is 40.9 Å². The highest BCUT2D eigenvalue weighted by molar-refractivity contribution is 9.10. The molecule has 0 aliphatic carbocycles. The standard InChI is InChI=1S/C17H19BrFNO/c1-11(2)20-10-13-4-7-16(12(3)8-13)21-17-9-14(18)5-6-15(17)19/h4-9,11,20H,10H2,1-3H3. The highest BCUT2D eigenvalue weighted by Crippen LogP contribution is 2.30. The molecule has 0 unspecified atom stereocenters. The van der Waals surface area contributed by atoms with Crippen LogP contribution in [0.1, 0.15) is 25.0 Å². The smallest absolute Gasteiger partial charge is 0.165 e. The van der Waals surface area contributed by atoms with Gasteiger partial charge in [0, 0.05) is 17.1 Å². The molecular formula is C17H19BrFNO. The van der Waals surface area contributed by atoms with Crippen molar-refractivity contribution in [1.29, 1.82) is 0 Å². The normalized spacial score (nSPS) is 11.0.